The summed E-state index contributed by atoms with van der Waals surface area (Å²) in [4.78, 5) is 12.9. The molecule has 1 saturated heterocycles. The lowest BCUT2D eigenvalue weighted by Gasteiger charge is -2.38. The molecular formula is C17H20ClFN4O2. The van der Waals surface area contributed by atoms with Crippen molar-refractivity contribution < 1.29 is 14.3 Å². The second-order valence-electron chi connectivity index (χ2n) is 7.16. The van der Waals surface area contributed by atoms with E-state index in [2.05, 4.69) is 10.2 Å². The maximum absolute atomic E-state index is 14.7. The number of halogens is 2. The Labute approximate surface area is 149 Å². The molecule has 1 atom stereocenters. The van der Waals surface area contributed by atoms with E-state index in [0.717, 1.165) is 25.7 Å². The number of aliphatic hydroxyl groups is 1. The zero-order chi connectivity index (χ0) is 17.8. The van der Waals surface area contributed by atoms with Crippen molar-refractivity contribution in [1.82, 2.24) is 15.1 Å². The molecule has 1 unspecified atom stereocenters. The fourth-order valence-electron chi connectivity index (χ4n) is 4.33. The number of aromatic amines is 1. The molecule has 4 rings (SSSR count). The number of benzene rings is 1. The standard InChI is InChI=1S/C17H20ClFN4O2/c18-11-7-9-8-21-22-14(9)12(13(11)19)15(24)17(3-4-17)10-1-5-23(6-2-10)16(20)25/h7-8,10,15,24H,1-6H2,(H2,20,25)(H,21,22). The molecule has 1 aromatic heterocycles. The molecule has 0 spiro atoms. The summed E-state index contributed by atoms with van der Waals surface area (Å²) in [5.74, 6) is -0.374. The summed E-state index contributed by atoms with van der Waals surface area (Å²) < 4.78 is 14.7. The van der Waals surface area contributed by atoms with Crippen molar-refractivity contribution in [3.05, 3.63) is 28.7 Å². The van der Waals surface area contributed by atoms with Gasteiger partial charge in [-0.25, -0.2) is 9.18 Å². The molecule has 1 aromatic carbocycles. The van der Waals surface area contributed by atoms with Gasteiger partial charge < -0.3 is 15.7 Å². The molecular weight excluding hydrogens is 347 g/mol. The van der Waals surface area contributed by atoms with Crippen LogP contribution in [0.3, 0.4) is 0 Å². The molecule has 1 saturated carbocycles. The highest BCUT2D eigenvalue weighted by atomic mass is 35.5. The number of aliphatic hydroxyl groups excluding tert-OH is 1. The maximum atomic E-state index is 14.7. The van der Waals surface area contributed by atoms with E-state index >= 15 is 0 Å². The zero-order valence-corrected chi connectivity index (χ0v) is 14.4. The Balaban J connectivity index is 1.65. The summed E-state index contributed by atoms with van der Waals surface area (Å²) in [6.07, 6.45) is 3.79. The second-order valence-corrected chi connectivity index (χ2v) is 7.56. The van der Waals surface area contributed by atoms with Gasteiger partial charge in [-0.3, -0.25) is 5.10 Å². The Morgan fingerprint density at radius 1 is 1.48 bits per heavy atom. The number of H-pyrrole nitrogens is 1. The number of nitrogens with zero attached hydrogens (tertiary/aromatic N) is 2. The Kier molecular flexibility index (Phi) is 3.88. The van der Waals surface area contributed by atoms with E-state index in [1.807, 2.05) is 0 Å². The average molecular weight is 367 g/mol. The molecule has 6 nitrogen and oxygen atoms in total. The predicted octanol–water partition coefficient (Wildman–Crippen LogP) is 2.96. The molecule has 2 fully saturated rings. The van der Waals surface area contributed by atoms with Gasteiger partial charge in [-0.1, -0.05) is 11.6 Å². The molecule has 1 aliphatic heterocycles. The van der Waals surface area contributed by atoms with Crippen LogP contribution in [0.5, 0.6) is 0 Å². The van der Waals surface area contributed by atoms with Gasteiger partial charge in [0.05, 0.1) is 22.8 Å². The molecule has 2 amide bonds. The van der Waals surface area contributed by atoms with Crippen molar-refractivity contribution >= 4 is 28.5 Å². The molecule has 25 heavy (non-hydrogen) atoms. The van der Waals surface area contributed by atoms with Crippen molar-refractivity contribution in [3.8, 4) is 0 Å². The smallest absolute Gasteiger partial charge is 0.314 e. The molecule has 0 radical (unpaired) electrons. The molecule has 2 aliphatic rings. The number of rotatable bonds is 3. The van der Waals surface area contributed by atoms with Crippen LogP contribution in [0.1, 0.15) is 37.4 Å². The fraction of sp³-hybridized carbons (Fsp3) is 0.529. The quantitative estimate of drug-likeness (QED) is 0.779. The van der Waals surface area contributed by atoms with Crippen molar-refractivity contribution in [2.24, 2.45) is 17.1 Å². The summed E-state index contributed by atoms with van der Waals surface area (Å²) in [6.45, 7) is 1.15. The first kappa shape index (κ1) is 16.6. The number of nitrogens with two attached hydrogens (primary N) is 1. The third-order valence-corrected chi connectivity index (χ3v) is 6.21. The number of amides is 2. The number of nitrogens with one attached hydrogen (secondary N) is 1. The normalized spacial score (nSPS) is 21.5. The number of primary amides is 1. The maximum Gasteiger partial charge on any atom is 0.314 e. The molecule has 1 aliphatic carbocycles. The molecule has 8 heteroatoms. The number of likely N-dealkylation sites (tertiary alicyclic amines) is 1. The SMILES string of the molecule is NC(=O)N1CCC(C2(C(O)c3c(F)c(Cl)cc4cn[nH]c34)CC2)CC1. The topological polar surface area (TPSA) is 95.2 Å². The third-order valence-electron chi connectivity index (χ3n) is 5.93. The summed E-state index contributed by atoms with van der Waals surface area (Å²) in [7, 11) is 0. The molecule has 2 heterocycles. The number of hydrogen-bond donors (Lipinski definition) is 3. The van der Waals surface area contributed by atoms with Gasteiger partial charge in [0, 0.05) is 29.5 Å². The van der Waals surface area contributed by atoms with Gasteiger partial charge in [-0.05, 0) is 37.7 Å². The monoisotopic (exact) mass is 366 g/mol. The van der Waals surface area contributed by atoms with Gasteiger partial charge in [0.1, 0.15) is 5.82 Å². The van der Waals surface area contributed by atoms with Crippen molar-refractivity contribution in [2.75, 3.05) is 13.1 Å². The van der Waals surface area contributed by atoms with Crippen LogP contribution in [0, 0.1) is 17.2 Å². The van der Waals surface area contributed by atoms with Crippen LogP contribution in [0.4, 0.5) is 9.18 Å². The minimum Gasteiger partial charge on any atom is -0.388 e. The fourth-order valence-corrected chi connectivity index (χ4v) is 4.55. The number of urea groups is 1. The lowest BCUT2D eigenvalue weighted by molar-refractivity contribution is 0.0291. The van der Waals surface area contributed by atoms with Gasteiger partial charge in [0.15, 0.2) is 0 Å². The Hall–Kier alpha value is -1.86. The molecule has 2 aromatic rings. The van der Waals surface area contributed by atoms with Gasteiger partial charge in [0.25, 0.3) is 0 Å². The second kappa shape index (κ2) is 5.85. The Bertz CT molecular complexity index is 827. The third kappa shape index (κ3) is 2.57. The predicted molar refractivity (Wildman–Crippen MR) is 91.6 cm³/mol. The first-order chi connectivity index (χ1) is 11.9. The van der Waals surface area contributed by atoms with E-state index in [9.17, 15) is 14.3 Å². The number of fused-ring (bicyclic) bond motifs is 1. The van der Waals surface area contributed by atoms with Crippen LogP contribution in [0.25, 0.3) is 10.9 Å². The highest BCUT2D eigenvalue weighted by Gasteiger charge is 2.56. The first-order valence-corrected chi connectivity index (χ1v) is 8.85. The van der Waals surface area contributed by atoms with Gasteiger partial charge >= 0.3 is 6.03 Å². The number of piperidine rings is 1. The van der Waals surface area contributed by atoms with E-state index in [0.29, 0.717) is 24.0 Å². The molecule has 0 bridgehead atoms. The van der Waals surface area contributed by atoms with Crippen LogP contribution in [0.2, 0.25) is 5.02 Å². The Morgan fingerprint density at radius 2 is 2.16 bits per heavy atom. The molecule has 4 N–H and O–H groups in total. The zero-order valence-electron chi connectivity index (χ0n) is 13.6. The van der Waals surface area contributed by atoms with E-state index in [-0.39, 0.29) is 21.9 Å². The highest BCUT2D eigenvalue weighted by molar-refractivity contribution is 6.31. The largest absolute Gasteiger partial charge is 0.388 e. The van der Waals surface area contributed by atoms with Gasteiger partial charge in [-0.15, -0.1) is 0 Å². The summed E-state index contributed by atoms with van der Waals surface area (Å²) >= 11 is 6.02. The number of carbonyl (C=O) groups is 1. The summed E-state index contributed by atoms with van der Waals surface area (Å²) in [6, 6.07) is 1.10. The van der Waals surface area contributed by atoms with Crippen LogP contribution in [-0.2, 0) is 0 Å². The minimum absolute atomic E-state index is 0.0118. The lowest BCUT2D eigenvalue weighted by Crippen LogP contribution is -2.44. The number of aromatic nitrogens is 2. The minimum atomic E-state index is -0.959. The highest BCUT2D eigenvalue weighted by Crippen LogP contribution is 2.63. The van der Waals surface area contributed by atoms with Crippen LogP contribution in [0.15, 0.2) is 12.3 Å². The van der Waals surface area contributed by atoms with Gasteiger partial charge in [0.2, 0.25) is 0 Å². The van der Waals surface area contributed by atoms with E-state index in [1.165, 1.54) is 6.07 Å². The van der Waals surface area contributed by atoms with Crippen molar-refractivity contribution in [2.45, 2.75) is 31.8 Å². The molecule has 134 valence electrons. The van der Waals surface area contributed by atoms with E-state index < -0.39 is 18.0 Å². The number of carbonyl (C=O) groups excluding carboxylic acids is 1. The first-order valence-electron chi connectivity index (χ1n) is 8.47. The number of hydrogen-bond acceptors (Lipinski definition) is 3. The van der Waals surface area contributed by atoms with E-state index in [1.54, 1.807) is 11.1 Å². The summed E-state index contributed by atoms with van der Waals surface area (Å²) in [5.41, 5.74) is 5.67. The van der Waals surface area contributed by atoms with Crippen molar-refractivity contribution in [1.29, 1.82) is 0 Å². The lowest BCUT2D eigenvalue weighted by atomic mass is 9.75. The summed E-state index contributed by atoms with van der Waals surface area (Å²) in [5, 5.41) is 18.5. The average Bonchev–Trinajstić information content (AvgIpc) is 3.29. The van der Waals surface area contributed by atoms with Crippen LogP contribution < -0.4 is 5.73 Å². The Morgan fingerprint density at radius 3 is 2.76 bits per heavy atom. The van der Waals surface area contributed by atoms with Crippen LogP contribution >= 0.6 is 11.6 Å². The van der Waals surface area contributed by atoms with Crippen molar-refractivity contribution in [3.63, 3.8) is 0 Å². The van der Waals surface area contributed by atoms with E-state index in [4.69, 9.17) is 17.3 Å². The van der Waals surface area contributed by atoms with Gasteiger partial charge in [-0.2, -0.15) is 5.10 Å². The van der Waals surface area contributed by atoms with Crippen LogP contribution in [-0.4, -0.2) is 39.3 Å².